The van der Waals surface area contributed by atoms with Crippen LogP contribution in [0.2, 0.25) is 0 Å². The van der Waals surface area contributed by atoms with Crippen molar-refractivity contribution in [3.8, 4) is 5.75 Å². The molecule has 1 aromatic rings. The second kappa shape index (κ2) is 6.97. The topological polar surface area (TPSA) is 78.9 Å². The maximum absolute atomic E-state index is 11.9. The summed E-state index contributed by atoms with van der Waals surface area (Å²) in [5.41, 5.74) is 1.15. The van der Waals surface area contributed by atoms with Crippen LogP contribution < -0.4 is 10.1 Å². The van der Waals surface area contributed by atoms with Gasteiger partial charge >= 0.3 is 12.0 Å². The van der Waals surface area contributed by atoms with E-state index in [-0.39, 0.29) is 18.7 Å². The molecule has 0 unspecified atom stereocenters. The molecular weight excluding hydrogens is 272 g/mol. The van der Waals surface area contributed by atoms with Gasteiger partial charge in [0, 0.05) is 13.1 Å². The van der Waals surface area contributed by atoms with Gasteiger partial charge < -0.3 is 20.1 Å². The number of hydrogen-bond acceptors (Lipinski definition) is 3. The number of carbonyl (C=O) groups excluding carboxylic acids is 1. The molecule has 1 heterocycles. The standard InChI is InChI=1S/C15H20N2O4/c1-11-2-4-13(5-3-11)21-10-16-15(20)17-8-6-12(7-9-17)14(18)19/h2-5,12H,6-10H2,1H3,(H,16,20)(H,18,19). The zero-order valence-electron chi connectivity index (χ0n) is 12.0. The summed E-state index contributed by atoms with van der Waals surface area (Å²) in [6, 6.07) is 7.35. The van der Waals surface area contributed by atoms with Crippen molar-refractivity contribution in [3.63, 3.8) is 0 Å². The molecule has 0 radical (unpaired) electrons. The fourth-order valence-electron chi connectivity index (χ4n) is 2.26. The van der Waals surface area contributed by atoms with Crippen molar-refractivity contribution in [2.75, 3.05) is 19.8 Å². The van der Waals surface area contributed by atoms with Crippen LogP contribution in [0.5, 0.6) is 5.75 Å². The number of carboxylic acid groups (broad SMARTS) is 1. The van der Waals surface area contributed by atoms with Crippen molar-refractivity contribution >= 4 is 12.0 Å². The van der Waals surface area contributed by atoms with Crippen LogP contribution in [-0.4, -0.2) is 41.8 Å². The molecule has 6 heteroatoms. The summed E-state index contributed by atoms with van der Waals surface area (Å²) in [4.78, 5) is 24.4. The van der Waals surface area contributed by atoms with Gasteiger partial charge in [-0.25, -0.2) is 4.79 Å². The maximum atomic E-state index is 11.9. The molecule has 0 spiro atoms. The summed E-state index contributed by atoms with van der Waals surface area (Å²) < 4.78 is 5.43. The Morgan fingerprint density at radius 3 is 2.48 bits per heavy atom. The van der Waals surface area contributed by atoms with E-state index in [0.717, 1.165) is 5.56 Å². The third-order valence-electron chi connectivity index (χ3n) is 3.61. The van der Waals surface area contributed by atoms with E-state index in [4.69, 9.17) is 9.84 Å². The van der Waals surface area contributed by atoms with Crippen LogP contribution in [-0.2, 0) is 4.79 Å². The molecule has 1 aliphatic heterocycles. The Kier molecular flexibility index (Phi) is 5.03. The molecule has 2 amide bonds. The quantitative estimate of drug-likeness (QED) is 0.830. The molecule has 0 atom stereocenters. The van der Waals surface area contributed by atoms with Crippen LogP contribution in [0.25, 0.3) is 0 Å². The van der Waals surface area contributed by atoms with Crippen molar-refractivity contribution in [1.82, 2.24) is 10.2 Å². The summed E-state index contributed by atoms with van der Waals surface area (Å²) in [5.74, 6) is -0.416. The number of ether oxygens (including phenoxy) is 1. The van der Waals surface area contributed by atoms with E-state index in [1.54, 1.807) is 4.90 Å². The van der Waals surface area contributed by atoms with Gasteiger partial charge in [-0.2, -0.15) is 0 Å². The number of aryl methyl sites for hydroxylation is 1. The molecule has 2 N–H and O–H groups in total. The lowest BCUT2D eigenvalue weighted by Gasteiger charge is -2.30. The Hall–Kier alpha value is -2.24. The first-order chi connectivity index (χ1) is 10.1. The third kappa shape index (κ3) is 4.37. The predicted octanol–water partition coefficient (Wildman–Crippen LogP) is 1.84. The minimum absolute atomic E-state index is 0.0980. The number of nitrogens with zero attached hydrogens (tertiary/aromatic N) is 1. The number of piperidine rings is 1. The van der Waals surface area contributed by atoms with E-state index in [1.807, 2.05) is 31.2 Å². The van der Waals surface area contributed by atoms with E-state index in [0.29, 0.717) is 31.7 Å². The second-order valence-electron chi connectivity index (χ2n) is 5.18. The van der Waals surface area contributed by atoms with E-state index in [2.05, 4.69) is 5.32 Å². The number of amides is 2. The van der Waals surface area contributed by atoms with E-state index in [9.17, 15) is 9.59 Å². The molecule has 0 aliphatic carbocycles. The van der Waals surface area contributed by atoms with Crippen molar-refractivity contribution < 1.29 is 19.4 Å². The largest absolute Gasteiger partial charge is 0.481 e. The number of rotatable bonds is 4. The molecule has 21 heavy (non-hydrogen) atoms. The zero-order valence-corrected chi connectivity index (χ0v) is 12.0. The molecule has 0 aromatic heterocycles. The SMILES string of the molecule is Cc1ccc(OCNC(=O)N2CCC(C(=O)O)CC2)cc1. The monoisotopic (exact) mass is 292 g/mol. The molecular formula is C15H20N2O4. The van der Waals surface area contributed by atoms with Gasteiger partial charge in [-0.1, -0.05) is 17.7 Å². The summed E-state index contributed by atoms with van der Waals surface area (Å²) in [6.07, 6.45) is 1.00. The Morgan fingerprint density at radius 1 is 1.29 bits per heavy atom. The Morgan fingerprint density at radius 2 is 1.90 bits per heavy atom. The Labute approximate surface area is 123 Å². The van der Waals surface area contributed by atoms with Crippen molar-refractivity contribution in [2.24, 2.45) is 5.92 Å². The van der Waals surface area contributed by atoms with Gasteiger partial charge in [0.15, 0.2) is 6.73 Å². The lowest BCUT2D eigenvalue weighted by atomic mass is 9.97. The van der Waals surface area contributed by atoms with Gasteiger partial charge in [0.25, 0.3) is 0 Å². The number of urea groups is 1. The number of benzene rings is 1. The summed E-state index contributed by atoms with van der Waals surface area (Å²) in [6.45, 7) is 3.02. The fraction of sp³-hybridized carbons (Fsp3) is 0.467. The number of aliphatic carboxylic acids is 1. The van der Waals surface area contributed by atoms with Gasteiger partial charge in [0.1, 0.15) is 5.75 Å². The summed E-state index contributed by atoms with van der Waals surface area (Å²) >= 11 is 0. The average Bonchev–Trinajstić information content (AvgIpc) is 2.49. The minimum atomic E-state index is -0.780. The molecule has 2 rings (SSSR count). The fourth-order valence-corrected chi connectivity index (χ4v) is 2.26. The highest BCUT2D eigenvalue weighted by molar-refractivity contribution is 5.75. The molecule has 1 saturated heterocycles. The van der Waals surface area contributed by atoms with Crippen LogP contribution in [0, 0.1) is 12.8 Å². The highest BCUT2D eigenvalue weighted by Gasteiger charge is 2.26. The van der Waals surface area contributed by atoms with Gasteiger partial charge in [0.2, 0.25) is 0 Å². The van der Waals surface area contributed by atoms with Crippen LogP contribution in [0.15, 0.2) is 24.3 Å². The first-order valence-electron chi connectivity index (χ1n) is 7.01. The van der Waals surface area contributed by atoms with Gasteiger partial charge in [0.05, 0.1) is 5.92 Å². The van der Waals surface area contributed by atoms with Gasteiger partial charge in [-0.15, -0.1) is 0 Å². The Balaban J connectivity index is 1.70. The number of carboxylic acids is 1. The first kappa shape index (κ1) is 15.2. The lowest BCUT2D eigenvalue weighted by Crippen LogP contribution is -2.46. The molecule has 0 saturated carbocycles. The second-order valence-corrected chi connectivity index (χ2v) is 5.18. The number of likely N-dealkylation sites (tertiary alicyclic amines) is 1. The highest BCUT2D eigenvalue weighted by atomic mass is 16.5. The average molecular weight is 292 g/mol. The highest BCUT2D eigenvalue weighted by Crippen LogP contribution is 2.17. The van der Waals surface area contributed by atoms with Gasteiger partial charge in [-0.05, 0) is 31.9 Å². The van der Waals surface area contributed by atoms with Crippen molar-refractivity contribution in [3.05, 3.63) is 29.8 Å². The van der Waals surface area contributed by atoms with Crippen LogP contribution in [0.1, 0.15) is 18.4 Å². The molecule has 1 aliphatic rings. The van der Waals surface area contributed by atoms with Crippen molar-refractivity contribution in [1.29, 1.82) is 0 Å². The lowest BCUT2D eigenvalue weighted by molar-refractivity contribution is -0.143. The number of hydrogen-bond donors (Lipinski definition) is 2. The maximum Gasteiger partial charge on any atom is 0.320 e. The molecule has 0 bridgehead atoms. The Bertz CT molecular complexity index is 493. The zero-order chi connectivity index (χ0) is 15.2. The smallest absolute Gasteiger partial charge is 0.320 e. The van der Waals surface area contributed by atoms with Crippen LogP contribution >= 0.6 is 0 Å². The molecule has 114 valence electrons. The molecule has 6 nitrogen and oxygen atoms in total. The van der Waals surface area contributed by atoms with Crippen LogP contribution in [0.3, 0.4) is 0 Å². The normalized spacial score (nSPS) is 15.6. The van der Waals surface area contributed by atoms with E-state index < -0.39 is 5.97 Å². The molecule has 1 aromatic carbocycles. The van der Waals surface area contributed by atoms with Crippen molar-refractivity contribution in [2.45, 2.75) is 19.8 Å². The minimum Gasteiger partial charge on any atom is -0.481 e. The first-order valence-corrected chi connectivity index (χ1v) is 7.01. The summed E-state index contributed by atoms with van der Waals surface area (Å²) in [5, 5.41) is 11.6. The van der Waals surface area contributed by atoms with E-state index >= 15 is 0 Å². The third-order valence-corrected chi connectivity index (χ3v) is 3.61. The predicted molar refractivity (Wildman–Crippen MR) is 77.1 cm³/mol. The number of carbonyl (C=O) groups is 2. The van der Waals surface area contributed by atoms with Crippen LogP contribution in [0.4, 0.5) is 4.79 Å². The van der Waals surface area contributed by atoms with E-state index in [1.165, 1.54) is 0 Å². The molecule has 1 fully saturated rings. The van der Waals surface area contributed by atoms with Gasteiger partial charge in [-0.3, -0.25) is 4.79 Å². The number of nitrogens with one attached hydrogen (secondary N) is 1. The summed E-state index contributed by atoms with van der Waals surface area (Å²) in [7, 11) is 0.